The van der Waals surface area contributed by atoms with Gasteiger partial charge in [-0.05, 0) is 116 Å². The Labute approximate surface area is 408 Å². The number of Topliss-reactive ketones (excluding diaryl/α,β-unsaturated/α-hetero) is 4. The first-order valence-corrected chi connectivity index (χ1v) is 23.2. The largest absolute Gasteiger partial charge is 0.510 e. The van der Waals surface area contributed by atoms with Crippen LogP contribution in [0.3, 0.4) is 0 Å². The molecule has 0 saturated carbocycles. The number of phenolic OH excluding ortho intramolecular Hbond substituents is 2. The number of aliphatic hydroxyl groups is 7. The predicted octanol–water partition coefficient (Wildman–Crippen LogP) is 0.656. The molecule has 71 heavy (non-hydrogen) atoms. The van der Waals surface area contributed by atoms with Gasteiger partial charge >= 0.3 is 0 Å². The maximum absolute atomic E-state index is 13.8. The molecule has 7 aliphatic rings. The number of hydrogen-bond donors (Lipinski definition) is 11. The highest BCUT2D eigenvalue weighted by atomic mass is 16.4. The molecule has 380 valence electrons. The molecule has 2 aromatic carbocycles. The minimum absolute atomic E-state index is 0.00184. The average molecular weight is 985 g/mol. The number of likely N-dealkylation sites (tertiary alicyclic amines) is 1. The van der Waals surface area contributed by atoms with Crippen molar-refractivity contribution in [2.24, 2.45) is 29.4 Å². The number of benzene rings is 2. The first-order valence-electron chi connectivity index (χ1n) is 23.2. The summed E-state index contributed by atoms with van der Waals surface area (Å²) in [6.45, 7) is 3.12. The van der Waals surface area contributed by atoms with Crippen molar-refractivity contribution >= 4 is 40.6 Å². The van der Waals surface area contributed by atoms with Gasteiger partial charge in [-0.1, -0.05) is 12.1 Å². The third kappa shape index (κ3) is 7.34. The van der Waals surface area contributed by atoms with E-state index in [9.17, 15) is 74.7 Å². The van der Waals surface area contributed by atoms with Gasteiger partial charge < -0.3 is 61.9 Å². The minimum atomic E-state index is -2.72. The van der Waals surface area contributed by atoms with Gasteiger partial charge in [-0.2, -0.15) is 0 Å². The lowest BCUT2D eigenvalue weighted by atomic mass is 9.55. The van der Waals surface area contributed by atoms with Crippen LogP contribution in [0.2, 0.25) is 0 Å². The zero-order chi connectivity index (χ0) is 52.3. The van der Waals surface area contributed by atoms with Gasteiger partial charge in [0.05, 0.1) is 35.5 Å². The van der Waals surface area contributed by atoms with Crippen molar-refractivity contribution in [3.05, 3.63) is 97.9 Å². The van der Waals surface area contributed by atoms with Crippen molar-refractivity contribution in [3.8, 4) is 11.5 Å². The molecule has 2 amide bonds. The molecule has 21 heteroatoms. The molecule has 6 aliphatic carbocycles. The van der Waals surface area contributed by atoms with Crippen LogP contribution in [-0.4, -0.2) is 181 Å². The van der Waals surface area contributed by atoms with Crippen molar-refractivity contribution in [3.63, 3.8) is 0 Å². The van der Waals surface area contributed by atoms with Crippen molar-refractivity contribution in [1.82, 2.24) is 20.0 Å². The van der Waals surface area contributed by atoms with Crippen molar-refractivity contribution in [2.75, 3.05) is 66.9 Å². The van der Waals surface area contributed by atoms with E-state index in [1.165, 1.54) is 41.0 Å². The number of fused-ring (bicyclic) bond motifs is 6. The van der Waals surface area contributed by atoms with Crippen molar-refractivity contribution in [2.45, 2.75) is 67.9 Å². The summed E-state index contributed by atoms with van der Waals surface area (Å²) in [5.74, 6) is -13.7. The van der Waals surface area contributed by atoms with E-state index in [4.69, 9.17) is 5.73 Å². The molecule has 1 fully saturated rings. The first kappa shape index (κ1) is 50.8. The second kappa shape index (κ2) is 17.6. The Morgan fingerprint density at radius 1 is 0.718 bits per heavy atom. The number of carbonyl (C=O) groups excluding carboxylic acids is 6. The predicted molar refractivity (Wildman–Crippen MR) is 252 cm³/mol. The number of likely N-dealkylation sites (N-methyl/N-ethyl adjacent to an activating group) is 2. The van der Waals surface area contributed by atoms with Gasteiger partial charge in [0.15, 0.2) is 22.8 Å². The van der Waals surface area contributed by atoms with Crippen LogP contribution in [0.25, 0.3) is 0 Å². The number of nitrogens with two attached hydrogens (primary N) is 1. The molecule has 2 aromatic rings. The SMILES string of the molecule is CN(C)[C@@H]1C(O)=C(C(=O)NCN2CCCC2)C(=O)[C@@]2(O)C(O)=C3C(=O)c4c(O)cccc4[C@@](C)(O)C3C[C@@H]12.CN(C)c1ccc(O)c2c1C[C@H]1C[C@H]3[C@H](N(C)C)C(O)=C(C(N)=O)C(=O)[C@@]3(O)C(O)=C1C2=O. The molecule has 0 radical (unpaired) electrons. The van der Waals surface area contributed by atoms with Gasteiger partial charge in [0.25, 0.3) is 11.8 Å². The Morgan fingerprint density at radius 3 is 1.80 bits per heavy atom. The van der Waals surface area contributed by atoms with Crippen LogP contribution < -0.4 is 16.0 Å². The van der Waals surface area contributed by atoms with Gasteiger partial charge in [0.1, 0.15) is 45.7 Å². The number of amides is 2. The maximum atomic E-state index is 13.8. The normalized spacial score (nSPS) is 31.4. The summed E-state index contributed by atoms with van der Waals surface area (Å²) in [6.07, 6.45) is 2.10. The number of aliphatic hydroxyl groups excluding tert-OH is 4. The van der Waals surface area contributed by atoms with Gasteiger partial charge in [0, 0.05) is 48.7 Å². The summed E-state index contributed by atoms with van der Waals surface area (Å²) in [5, 5.41) is 103. The molecule has 1 aliphatic heterocycles. The second-order valence-electron chi connectivity index (χ2n) is 20.4. The molecular formula is C50H60N6O15. The highest BCUT2D eigenvalue weighted by molar-refractivity contribution is 6.26. The fraction of sp³-hybridized carbons (Fsp3) is 0.480. The second-order valence-corrected chi connectivity index (χ2v) is 20.4. The minimum Gasteiger partial charge on any atom is -0.510 e. The average Bonchev–Trinajstić information content (AvgIpc) is 3.81. The molecule has 21 nitrogen and oxygen atoms in total. The Balaban J connectivity index is 0.000000192. The van der Waals surface area contributed by atoms with Crippen molar-refractivity contribution in [1.29, 1.82) is 0 Å². The number of rotatable bonds is 7. The number of phenols is 2. The number of hydrogen-bond acceptors (Lipinski definition) is 19. The van der Waals surface area contributed by atoms with E-state index in [0.717, 1.165) is 31.6 Å². The third-order valence-electron chi connectivity index (χ3n) is 15.7. The molecule has 9 rings (SSSR count). The van der Waals surface area contributed by atoms with Gasteiger partial charge in [-0.3, -0.25) is 43.5 Å². The number of allylic oxidation sites excluding steroid dienone is 1. The zero-order valence-electron chi connectivity index (χ0n) is 40.3. The molecule has 0 bridgehead atoms. The molecule has 1 heterocycles. The number of carbonyl (C=O) groups is 6. The summed E-state index contributed by atoms with van der Waals surface area (Å²) in [7, 11) is 9.96. The number of aromatic hydroxyl groups is 2. The lowest BCUT2D eigenvalue weighted by Crippen LogP contribution is -2.65. The first-order chi connectivity index (χ1) is 33.2. The summed E-state index contributed by atoms with van der Waals surface area (Å²) in [6, 6.07) is 5.22. The van der Waals surface area contributed by atoms with Gasteiger partial charge in [-0.25, -0.2) is 0 Å². The molecule has 1 unspecified atom stereocenters. The van der Waals surface area contributed by atoms with Crippen LogP contribution in [0.5, 0.6) is 11.5 Å². The number of primary amides is 1. The summed E-state index contributed by atoms with van der Waals surface area (Å²) in [5.41, 5.74) is -2.63. The lowest BCUT2D eigenvalue weighted by Gasteiger charge is -2.52. The van der Waals surface area contributed by atoms with E-state index in [1.807, 2.05) is 4.90 Å². The van der Waals surface area contributed by atoms with Crippen LogP contribution in [0.15, 0.2) is 75.7 Å². The summed E-state index contributed by atoms with van der Waals surface area (Å²) < 4.78 is 0. The summed E-state index contributed by atoms with van der Waals surface area (Å²) in [4.78, 5) is 86.0. The Bertz CT molecular complexity index is 2840. The highest BCUT2D eigenvalue weighted by Crippen LogP contribution is 2.57. The van der Waals surface area contributed by atoms with Crippen LogP contribution in [0.4, 0.5) is 5.69 Å². The van der Waals surface area contributed by atoms with E-state index in [-0.39, 0.29) is 53.9 Å². The topological polar surface area (TPSA) is 336 Å². The van der Waals surface area contributed by atoms with Crippen LogP contribution >= 0.6 is 0 Å². The maximum Gasteiger partial charge on any atom is 0.259 e. The van der Waals surface area contributed by atoms with E-state index in [1.54, 1.807) is 53.3 Å². The molecule has 1 saturated heterocycles. The third-order valence-corrected chi connectivity index (χ3v) is 15.7. The molecule has 9 atom stereocenters. The highest BCUT2D eigenvalue weighted by Gasteiger charge is 2.66. The monoisotopic (exact) mass is 984 g/mol. The number of nitrogens with one attached hydrogen (secondary N) is 1. The number of ketones is 4. The lowest BCUT2D eigenvalue weighted by molar-refractivity contribution is -0.152. The fourth-order valence-electron chi connectivity index (χ4n) is 12.4. The standard InChI is InChI=1S/C27H33N3O8.C23H27N3O7/c1-26(37)13-7-6-8-16(31)17(13)21(32)18-14(26)11-15-20(29(2)3)22(33)19(24(35)27(15,38)23(18)34)25(36)28-12-30-9-4-5-10-30;1-25(2)12-5-6-13(27)15-10(12)7-9-8-11-17(26(3)4)19(29)16(22(24)32)21(31)23(11,33)20(30)14(9)18(15)28/h6-8,14-15,20,31,33-34,37-38H,4-5,9-12H2,1-3H3,(H,28,36);5-6,9,11,17,27,29-30,33H,7-8H2,1-4H3,(H2,24,32)/t14?,15-,20-,26+,27-;9-,11-,17-,23-/m00/s1. The Kier molecular flexibility index (Phi) is 12.6. The number of anilines is 1. The van der Waals surface area contributed by atoms with E-state index < -0.39 is 133 Å². The van der Waals surface area contributed by atoms with E-state index >= 15 is 0 Å². The molecule has 0 aromatic heterocycles. The van der Waals surface area contributed by atoms with Crippen LogP contribution in [0, 0.1) is 23.7 Å². The van der Waals surface area contributed by atoms with Gasteiger partial charge in [0.2, 0.25) is 11.6 Å². The molecule has 12 N–H and O–H groups in total. The van der Waals surface area contributed by atoms with Crippen LogP contribution in [-0.2, 0) is 31.2 Å². The quantitative estimate of drug-likeness (QED) is 0.170. The Morgan fingerprint density at radius 2 is 1.24 bits per heavy atom. The van der Waals surface area contributed by atoms with Crippen LogP contribution in [0.1, 0.15) is 64.4 Å². The fourth-order valence-corrected chi connectivity index (χ4v) is 12.4. The molecular weight excluding hydrogens is 925 g/mol. The molecule has 0 spiro atoms. The Hall–Kier alpha value is -6.62. The van der Waals surface area contributed by atoms with E-state index in [2.05, 4.69) is 5.32 Å². The van der Waals surface area contributed by atoms with Gasteiger partial charge in [-0.15, -0.1) is 0 Å². The van der Waals surface area contributed by atoms with E-state index in [0.29, 0.717) is 5.56 Å². The zero-order valence-corrected chi connectivity index (χ0v) is 40.3. The van der Waals surface area contributed by atoms with Crippen molar-refractivity contribution < 1.29 is 74.7 Å². The number of nitrogens with zero attached hydrogens (tertiary/aromatic N) is 4. The summed E-state index contributed by atoms with van der Waals surface area (Å²) >= 11 is 0. The smallest absolute Gasteiger partial charge is 0.259 e.